The van der Waals surface area contributed by atoms with Crippen molar-refractivity contribution in [2.24, 2.45) is 0 Å². The number of ether oxygens (including phenoxy) is 1. The Morgan fingerprint density at radius 2 is 1.69 bits per heavy atom. The van der Waals surface area contributed by atoms with Gasteiger partial charge in [0.1, 0.15) is 18.2 Å². The van der Waals surface area contributed by atoms with Gasteiger partial charge in [-0.15, -0.1) is 0 Å². The van der Waals surface area contributed by atoms with Crippen molar-refractivity contribution in [3.8, 4) is 5.75 Å². The number of hydrogen-bond acceptors (Lipinski definition) is 4. The predicted octanol–water partition coefficient (Wildman–Crippen LogP) is 5.41. The van der Waals surface area contributed by atoms with Crippen LogP contribution in [0.25, 0.3) is 0 Å². The molecule has 0 aliphatic carbocycles. The number of aryl methyl sites for hydroxylation is 1. The molecule has 3 aromatic carbocycles. The van der Waals surface area contributed by atoms with Crippen LogP contribution in [0.5, 0.6) is 5.75 Å². The highest BCUT2D eigenvalue weighted by Crippen LogP contribution is 2.23. The number of unbranched alkanes of at least 4 members (excludes halogenated alkanes) is 1. The zero-order valence-electron chi connectivity index (χ0n) is 20.1. The number of aromatic carboxylic acids is 1. The van der Waals surface area contributed by atoms with Crippen molar-refractivity contribution in [1.29, 1.82) is 0 Å². The number of carboxylic acids is 1. The largest absolute Gasteiger partial charge is 0.489 e. The molecule has 0 aliphatic rings. The molecule has 1 aromatic heterocycles. The van der Waals surface area contributed by atoms with Gasteiger partial charge in [-0.3, -0.25) is 4.57 Å². The molecule has 4 rings (SSSR count). The fourth-order valence-electron chi connectivity index (χ4n) is 3.92. The van der Waals surface area contributed by atoms with Gasteiger partial charge in [-0.1, -0.05) is 79.5 Å². The Kier molecular flexibility index (Phi) is 8.23. The molecular weight excluding hydrogens is 478 g/mol. The number of carbonyl (C=O) groups is 1. The van der Waals surface area contributed by atoms with Crippen molar-refractivity contribution in [3.63, 3.8) is 0 Å². The Morgan fingerprint density at radius 3 is 2.39 bits per heavy atom. The molecule has 0 amide bonds. The Morgan fingerprint density at radius 1 is 0.972 bits per heavy atom. The van der Waals surface area contributed by atoms with Crippen molar-refractivity contribution in [2.75, 3.05) is 0 Å². The predicted molar refractivity (Wildman–Crippen MR) is 139 cm³/mol. The second-order valence-corrected chi connectivity index (χ2v) is 8.93. The van der Waals surface area contributed by atoms with Crippen LogP contribution in [0.4, 0.5) is 0 Å². The van der Waals surface area contributed by atoms with Crippen LogP contribution in [0.15, 0.2) is 77.6 Å². The first-order chi connectivity index (χ1) is 17.5. The summed E-state index contributed by atoms with van der Waals surface area (Å²) in [7, 11) is 0. The summed E-state index contributed by atoms with van der Waals surface area (Å²) in [4.78, 5) is 24.5. The second-order valence-electron chi connectivity index (χ2n) is 8.55. The van der Waals surface area contributed by atoms with Gasteiger partial charge < -0.3 is 9.84 Å². The highest BCUT2D eigenvalue weighted by Gasteiger charge is 2.15. The van der Waals surface area contributed by atoms with Crippen molar-refractivity contribution in [3.05, 3.63) is 116 Å². The molecule has 4 aromatic rings. The van der Waals surface area contributed by atoms with Crippen molar-refractivity contribution in [1.82, 2.24) is 14.3 Å². The molecular formula is C28H28ClN3O4. The first-order valence-electron chi connectivity index (χ1n) is 11.9. The van der Waals surface area contributed by atoms with E-state index in [0.717, 1.165) is 36.2 Å². The van der Waals surface area contributed by atoms with Gasteiger partial charge >= 0.3 is 11.7 Å². The van der Waals surface area contributed by atoms with Crippen LogP contribution in [0.3, 0.4) is 0 Å². The van der Waals surface area contributed by atoms with Gasteiger partial charge in [0.05, 0.1) is 23.7 Å². The van der Waals surface area contributed by atoms with Crippen LogP contribution >= 0.6 is 11.6 Å². The molecule has 8 heteroatoms. The second kappa shape index (κ2) is 11.7. The molecule has 0 unspecified atom stereocenters. The van der Waals surface area contributed by atoms with E-state index in [2.05, 4.69) is 12.0 Å². The molecule has 0 spiro atoms. The van der Waals surface area contributed by atoms with Gasteiger partial charge in [-0.05, 0) is 35.7 Å². The first-order valence-corrected chi connectivity index (χ1v) is 12.3. The maximum absolute atomic E-state index is 13.2. The van der Waals surface area contributed by atoms with Crippen molar-refractivity contribution < 1.29 is 14.6 Å². The Labute approximate surface area is 214 Å². The van der Waals surface area contributed by atoms with Gasteiger partial charge in [-0.2, -0.15) is 5.10 Å². The summed E-state index contributed by atoms with van der Waals surface area (Å²) < 4.78 is 9.10. The molecule has 36 heavy (non-hydrogen) atoms. The number of rotatable bonds is 11. The van der Waals surface area contributed by atoms with Crippen LogP contribution in [-0.2, 0) is 26.1 Å². The van der Waals surface area contributed by atoms with E-state index in [0.29, 0.717) is 24.4 Å². The van der Waals surface area contributed by atoms with Gasteiger partial charge in [0.2, 0.25) is 0 Å². The summed E-state index contributed by atoms with van der Waals surface area (Å²) >= 11 is 6.20. The topological polar surface area (TPSA) is 86.4 Å². The molecule has 1 heterocycles. The lowest BCUT2D eigenvalue weighted by molar-refractivity contribution is 0.0697. The molecule has 0 bridgehead atoms. The van der Waals surface area contributed by atoms with Crippen LogP contribution in [0, 0.1) is 0 Å². The maximum atomic E-state index is 13.2. The highest BCUT2D eigenvalue weighted by molar-refractivity contribution is 6.34. The number of aromatic nitrogens is 3. The highest BCUT2D eigenvalue weighted by atomic mass is 35.5. The van der Waals surface area contributed by atoms with Gasteiger partial charge in [0.15, 0.2) is 0 Å². The molecule has 1 N–H and O–H groups in total. The van der Waals surface area contributed by atoms with E-state index >= 15 is 0 Å². The Balaban J connectivity index is 1.48. The van der Waals surface area contributed by atoms with Crippen molar-refractivity contribution in [2.45, 2.75) is 45.9 Å². The van der Waals surface area contributed by atoms with Crippen LogP contribution in [0.2, 0.25) is 5.02 Å². The summed E-state index contributed by atoms with van der Waals surface area (Å²) in [6.45, 7) is 3.11. The lowest BCUT2D eigenvalue weighted by Gasteiger charge is -2.10. The molecule has 0 radical (unpaired) electrons. The molecule has 186 valence electrons. The molecule has 0 saturated heterocycles. The van der Waals surface area contributed by atoms with E-state index in [1.54, 1.807) is 16.7 Å². The first kappa shape index (κ1) is 25.3. The van der Waals surface area contributed by atoms with E-state index in [9.17, 15) is 14.7 Å². The summed E-state index contributed by atoms with van der Waals surface area (Å²) in [6, 6.07) is 22.2. The molecule has 0 saturated carbocycles. The number of halogens is 1. The normalized spacial score (nSPS) is 10.9. The summed E-state index contributed by atoms with van der Waals surface area (Å²) in [6.07, 6.45) is 2.72. The third-order valence-corrected chi connectivity index (χ3v) is 6.34. The maximum Gasteiger partial charge on any atom is 0.346 e. The van der Waals surface area contributed by atoms with E-state index in [1.807, 2.05) is 54.6 Å². The summed E-state index contributed by atoms with van der Waals surface area (Å²) in [5.74, 6) is 0.326. The quantitative estimate of drug-likeness (QED) is 0.294. The minimum atomic E-state index is -1.08. The smallest absolute Gasteiger partial charge is 0.346 e. The third kappa shape index (κ3) is 6.04. The Bertz CT molecular complexity index is 1380. The fourth-order valence-corrected chi connectivity index (χ4v) is 4.18. The molecule has 0 fully saturated rings. The summed E-state index contributed by atoms with van der Waals surface area (Å²) in [5, 5.41) is 14.0. The molecule has 0 atom stereocenters. The van der Waals surface area contributed by atoms with Crippen LogP contribution in [-0.4, -0.2) is 25.4 Å². The summed E-state index contributed by atoms with van der Waals surface area (Å²) in [5.41, 5.74) is 2.50. The standard InChI is InChI=1S/C28H28ClN3O4/c1-2-3-12-25-30-32(18-20-8-5-4-6-9-20)28(35)31(25)17-21-13-15-23(16-14-21)36-19-22-10-7-11-24(26(22)29)27(33)34/h4-11,13-16H,2-3,12,17-19H2,1H3,(H,33,34). The fraction of sp³-hybridized carbons (Fsp3) is 0.250. The minimum Gasteiger partial charge on any atom is -0.489 e. The lowest BCUT2D eigenvalue weighted by Crippen LogP contribution is -2.26. The minimum absolute atomic E-state index is 0.0465. The Hall–Kier alpha value is -3.84. The van der Waals surface area contributed by atoms with E-state index in [1.165, 1.54) is 10.7 Å². The molecule has 0 aliphatic heterocycles. The third-order valence-electron chi connectivity index (χ3n) is 5.90. The number of hydrogen-bond donors (Lipinski definition) is 1. The van der Waals surface area contributed by atoms with E-state index < -0.39 is 5.97 Å². The van der Waals surface area contributed by atoms with Crippen LogP contribution in [0.1, 0.15) is 52.6 Å². The van der Waals surface area contributed by atoms with Gasteiger partial charge in [0, 0.05) is 12.0 Å². The lowest BCUT2D eigenvalue weighted by atomic mass is 10.1. The number of nitrogens with zero attached hydrogens (tertiary/aromatic N) is 3. The average Bonchev–Trinajstić information content (AvgIpc) is 3.17. The van der Waals surface area contributed by atoms with E-state index in [4.69, 9.17) is 16.3 Å². The SMILES string of the molecule is CCCCc1nn(Cc2ccccc2)c(=O)n1Cc1ccc(OCc2cccc(C(=O)O)c2Cl)cc1. The monoisotopic (exact) mass is 505 g/mol. The van der Waals surface area contributed by atoms with E-state index in [-0.39, 0.29) is 22.9 Å². The van der Waals surface area contributed by atoms with Crippen molar-refractivity contribution >= 4 is 17.6 Å². The van der Waals surface area contributed by atoms with Gasteiger partial charge in [-0.25, -0.2) is 14.3 Å². The molecule has 7 nitrogen and oxygen atoms in total. The number of carboxylic acid groups (broad SMARTS) is 1. The number of benzene rings is 3. The zero-order valence-corrected chi connectivity index (χ0v) is 20.8. The zero-order chi connectivity index (χ0) is 25.5. The average molecular weight is 506 g/mol. The van der Waals surface area contributed by atoms with Crippen LogP contribution < -0.4 is 10.4 Å². The van der Waals surface area contributed by atoms with Gasteiger partial charge in [0.25, 0.3) is 0 Å².